The van der Waals surface area contributed by atoms with Gasteiger partial charge in [0.15, 0.2) is 0 Å². The molecule has 1 saturated carbocycles. The number of hydroxylamine groups is 1. The Labute approximate surface area is 336 Å². The van der Waals surface area contributed by atoms with E-state index >= 15 is 0 Å². The van der Waals surface area contributed by atoms with Crippen molar-refractivity contribution in [2.24, 2.45) is 23.7 Å². The molecule has 10 atom stereocenters. The van der Waals surface area contributed by atoms with Gasteiger partial charge in [-0.2, -0.15) is 9.28 Å². The number of ether oxygens (including phenoxy) is 3. The second-order valence-electron chi connectivity index (χ2n) is 17.5. The average molecular weight is 831 g/mol. The summed E-state index contributed by atoms with van der Waals surface area (Å²) in [5, 5.41) is 39.2. The van der Waals surface area contributed by atoms with Crippen LogP contribution in [0.25, 0.3) is 0 Å². The van der Waals surface area contributed by atoms with Crippen LogP contribution in [0.1, 0.15) is 94.1 Å². The highest BCUT2D eigenvalue weighted by atomic mass is 35.5. The van der Waals surface area contributed by atoms with Gasteiger partial charge in [0.25, 0.3) is 6.23 Å². The van der Waals surface area contributed by atoms with E-state index in [1.54, 1.807) is 86.6 Å². The number of nitrogens with zero attached hydrogens (tertiary/aromatic N) is 2. The summed E-state index contributed by atoms with van der Waals surface area (Å²) in [7, 11) is 1.49. The third kappa shape index (κ3) is 6.23. The van der Waals surface area contributed by atoms with Crippen molar-refractivity contribution in [2.75, 3.05) is 12.1 Å². The average Bonchev–Trinajstić information content (AvgIpc) is 3.30. The van der Waals surface area contributed by atoms with E-state index < -0.39 is 99.0 Å². The molecular formula is C39H52Cl3N2O11+. The van der Waals surface area contributed by atoms with Crippen LogP contribution in [-0.2, 0) is 34.2 Å². The van der Waals surface area contributed by atoms with Crippen LogP contribution in [0.5, 0.6) is 0 Å². The lowest BCUT2D eigenvalue weighted by Crippen LogP contribution is -2.84. The number of quaternary nitrogens is 1. The van der Waals surface area contributed by atoms with Crippen molar-refractivity contribution in [3.05, 3.63) is 50.5 Å². The maximum atomic E-state index is 15.0. The van der Waals surface area contributed by atoms with Crippen LogP contribution < -0.4 is 5.06 Å². The highest BCUT2D eigenvalue weighted by Gasteiger charge is 2.90. The number of aliphatic hydroxyl groups is 1. The number of para-hydroxylation sites is 1. The molecule has 16 heteroatoms. The summed E-state index contributed by atoms with van der Waals surface area (Å²) in [6, 6.07) is 4.70. The van der Waals surface area contributed by atoms with Gasteiger partial charge in [-0.1, -0.05) is 59.9 Å². The minimum Gasteiger partial charge on any atom is -0.477 e. The van der Waals surface area contributed by atoms with Crippen molar-refractivity contribution in [1.29, 1.82) is 0 Å². The molecule has 13 nitrogen and oxygen atoms in total. The number of carbonyl (C=O) groups is 4. The van der Waals surface area contributed by atoms with E-state index in [-0.39, 0.29) is 20.8 Å². The van der Waals surface area contributed by atoms with Crippen molar-refractivity contribution >= 4 is 64.7 Å². The Kier molecular flexibility index (Phi) is 11.0. The Morgan fingerprint density at radius 1 is 1.04 bits per heavy atom. The maximum absolute atomic E-state index is 15.0. The van der Waals surface area contributed by atoms with E-state index in [1.807, 2.05) is 0 Å². The lowest BCUT2D eigenvalue weighted by molar-refractivity contribution is -0.979. The summed E-state index contributed by atoms with van der Waals surface area (Å²) < 4.78 is 16.6. The van der Waals surface area contributed by atoms with Gasteiger partial charge in [-0.15, -0.1) is 0 Å². The van der Waals surface area contributed by atoms with E-state index in [2.05, 4.69) is 0 Å². The number of rotatable bonds is 5. The quantitative estimate of drug-likeness (QED) is 0.148. The number of carboxylic acid groups (broad SMARTS) is 2. The van der Waals surface area contributed by atoms with Crippen LogP contribution in [0.3, 0.4) is 0 Å². The molecule has 2 aliphatic heterocycles. The molecule has 1 amide bonds. The van der Waals surface area contributed by atoms with Crippen molar-refractivity contribution in [1.82, 2.24) is 0 Å². The first-order chi connectivity index (χ1) is 25.2. The molecule has 1 aromatic rings. The minimum atomic E-state index is -2.72. The van der Waals surface area contributed by atoms with Gasteiger partial charge < -0.3 is 29.5 Å². The van der Waals surface area contributed by atoms with E-state index in [1.165, 1.54) is 12.1 Å². The summed E-state index contributed by atoms with van der Waals surface area (Å²) in [5.74, 6) is -6.30. The third-order valence-corrected chi connectivity index (χ3v) is 13.2. The van der Waals surface area contributed by atoms with Crippen LogP contribution in [-0.4, -0.2) is 85.6 Å². The number of halogens is 3. The summed E-state index contributed by atoms with van der Waals surface area (Å²) in [6.45, 7) is 15.8. The smallest absolute Gasteiger partial charge is 0.477 e. The van der Waals surface area contributed by atoms with Gasteiger partial charge in [-0.05, 0) is 97.3 Å². The maximum Gasteiger partial charge on any atom is 0.517 e. The fourth-order valence-corrected chi connectivity index (χ4v) is 11.0. The first kappa shape index (κ1) is 43.1. The fourth-order valence-electron chi connectivity index (χ4n) is 10.4. The fraction of sp³-hybridized carbons (Fsp3) is 0.641. The summed E-state index contributed by atoms with van der Waals surface area (Å²) >= 11 is 19.5. The number of aliphatic carboxylic acids is 1. The lowest BCUT2D eigenvalue weighted by Gasteiger charge is -2.62. The van der Waals surface area contributed by atoms with E-state index in [4.69, 9.17) is 53.9 Å². The zero-order chi connectivity index (χ0) is 41.6. The van der Waals surface area contributed by atoms with Gasteiger partial charge >= 0.3 is 24.2 Å². The molecule has 0 aromatic heterocycles. The summed E-state index contributed by atoms with van der Waals surface area (Å²) in [6.07, 6.45) is -4.44. The molecule has 4 aliphatic rings. The second kappa shape index (κ2) is 14.1. The number of benzene rings is 1. The van der Waals surface area contributed by atoms with Crippen LogP contribution in [0.4, 0.5) is 15.3 Å². The van der Waals surface area contributed by atoms with Gasteiger partial charge in [-0.3, -0.25) is 4.79 Å². The standard InChI is InChI=1S/C39H51Cl3N2O11/c1-19-17-25-23(21(3)30(41)42)16-15-20(2)39(25,51)29(28(19)52-22(4)45)37(32(46)47)18-38(54-34(50)53-36(8,9)10)24-13-12-14-26(40)27(24)43(11)55-31(38)44(37,33(48)49)35(5,6)7/h12-14,17,20,23,25,28-29,31,51H,15-16,18H2,1-11H3,(H-,46,47,48,49)/p+1/t20-,23+,25+,28+,29-,31-,37+,38-,39-,44?/m1/s1. The van der Waals surface area contributed by atoms with Crippen molar-refractivity contribution < 1.29 is 58.0 Å². The number of hydrogen-bond acceptors (Lipinski definition) is 10. The molecule has 304 valence electrons. The molecule has 2 fully saturated rings. The van der Waals surface area contributed by atoms with Crippen molar-refractivity contribution in [2.45, 2.75) is 129 Å². The number of carbonyl (C=O) groups excluding carboxylic acids is 2. The Morgan fingerprint density at radius 3 is 2.16 bits per heavy atom. The zero-order valence-electron chi connectivity index (χ0n) is 33.0. The number of likely N-dealkylation sites (tertiary alicyclic amines) is 1. The summed E-state index contributed by atoms with van der Waals surface area (Å²) in [4.78, 5) is 63.3. The number of esters is 1. The number of carboxylic acids is 1. The monoisotopic (exact) mass is 829 g/mol. The van der Waals surface area contributed by atoms with Crippen molar-refractivity contribution in [3.8, 4) is 0 Å². The molecule has 3 N–H and O–H groups in total. The Bertz CT molecular complexity index is 1850. The Hall–Kier alpha value is -3.07. The number of allylic oxidation sites excluding steroid dienone is 1. The first-order valence-corrected chi connectivity index (χ1v) is 19.4. The number of hydrogen-bond donors (Lipinski definition) is 3. The number of amides is 1. The third-order valence-electron chi connectivity index (χ3n) is 12.3. The molecule has 1 unspecified atom stereocenters. The van der Waals surface area contributed by atoms with E-state index in [0.29, 0.717) is 24.0 Å². The summed E-state index contributed by atoms with van der Waals surface area (Å²) in [5.41, 5.74) is -8.53. The largest absolute Gasteiger partial charge is 0.517 e. The van der Waals surface area contributed by atoms with Gasteiger partial charge in [0, 0.05) is 25.5 Å². The molecule has 5 rings (SSSR count). The van der Waals surface area contributed by atoms with Gasteiger partial charge in [0.2, 0.25) is 11.1 Å². The molecule has 1 aromatic carbocycles. The molecule has 2 aliphatic carbocycles. The van der Waals surface area contributed by atoms with Gasteiger partial charge in [-0.25, -0.2) is 19.5 Å². The highest BCUT2D eigenvalue weighted by Crippen LogP contribution is 2.69. The normalized spacial score (nSPS) is 35.7. The van der Waals surface area contributed by atoms with Gasteiger partial charge in [0.1, 0.15) is 21.7 Å². The Balaban J connectivity index is 2.02. The molecule has 1 saturated heterocycles. The van der Waals surface area contributed by atoms with Crippen LogP contribution in [0.15, 0.2) is 39.9 Å². The van der Waals surface area contributed by atoms with Crippen LogP contribution in [0.2, 0.25) is 5.02 Å². The number of anilines is 1. The predicted octanol–water partition coefficient (Wildman–Crippen LogP) is 8.33. The first-order valence-electron chi connectivity index (χ1n) is 18.2. The molecule has 0 spiro atoms. The van der Waals surface area contributed by atoms with Gasteiger partial charge in [0.05, 0.1) is 28.6 Å². The lowest BCUT2D eigenvalue weighted by atomic mass is 9.49. The SMILES string of the molecule is CC(=O)O[C@H]1C(C)=C[C@H]2[C@H](C(C)=C(Cl)Cl)CC[C@@H](C)[C@]2(O)[C@H]1[C@]1(C(=O)O)C[C@@]2(OC(=O)OC(C)(C)C)c3cccc(Cl)c3N(C)O[C@H]2[N+]1(C(=O)O)C(C)(C)C. The van der Waals surface area contributed by atoms with E-state index in [0.717, 1.165) is 6.92 Å². The molecular weight excluding hydrogens is 779 g/mol. The zero-order valence-corrected chi connectivity index (χ0v) is 35.3. The molecule has 2 heterocycles. The molecule has 55 heavy (non-hydrogen) atoms. The Morgan fingerprint density at radius 2 is 1.65 bits per heavy atom. The predicted molar refractivity (Wildman–Crippen MR) is 204 cm³/mol. The topological polar surface area (TPSA) is 169 Å². The van der Waals surface area contributed by atoms with Crippen molar-refractivity contribution in [3.63, 3.8) is 0 Å². The number of fused-ring (bicyclic) bond motifs is 4. The molecule has 0 radical (unpaired) electrons. The highest BCUT2D eigenvalue weighted by molar-refractivity contribution is 6.56. The van der Waals surface area contributed by atoms with Crippen LogP contribution in [0, 0.1) is 23.7 Å². The second-order valence-corrected chi connectivity index (χ2v) is 18.8. The molecule has 0 bridgehead atoms. The van der Waals surface area contributed by atoms with Crippen LogP contribution >= 0.6 is 34.8 Å². The van der Waals surface area contributed by atoms with E-state index in [9.17, 15) is 34.5 Å². The minimum absolute atomic E-state index is 0.0218.